The van der Waals surface area contributed by atoms with Crippen LogP contribution in [0.3, 0.4) is 0 Å². The molecule has 0 radical (unpaired) electrons. The molecule has 3 rings (SSSR count). The molecule has 0 spiro atoms. The van der Waals surface area contributed by atoms with E-state index in [1.807, 2.05) is 31.5 Å². The van der Waals surface area contributed by atoms with E-state index in [0.29, 0.717) is 11.9 Å². The summed E-state index contributed by atoms with van der Waals surface area (Å²) in [6.45, 7) is 8.82. The van der Waals surface area contributed by atoms with Gasteiger partial charge in [-0.2, -0.15) is 10.1 Å². The normalized spacial score (nSPS) is 16.3. The van der Waals surface area contributed by atoms with Gasteiger partial charge in [-0.05, 0) is 52.1 Å². The molecule has 1 fully saturated rings. The Morgan fingerprint density at radius 1 is 1.09 bits per heavy atom. The van der Waals surface area contributed by atoms with E-state index >= 15 is 0 Å². The molecule has 22 heavy (non-hydrogen) atoms. The fourth-order valence-electron chi connectivity index (χ4n) is 3.02. The van der Waals surface area contributed by atoms with Crippen LogP contribution in [-0.2, 0) is 0 Å². The minimum Gasteiger partial charge on any atom is -0.356 e. The van der Waals surface area contributed by atoms with Gasteiger partial charge in [0.15, 0.2) is 0 Å². The summed E-state index contributed by atoms with van der Waals surface area (Å²) in [6.07, 6.45) is 2.27. The van der Waals surface area contributed by atoms with Crippen LogP contribution < -0.4 is 10.6 Å². The molecular formula is C16H24N6. The fourth-order valence-corrected chi connectivity index (χ4v) is 3.02. The van der Waals surface area contributed by atoms with Gasteiger partial charge < -0.3 is 10.6 Å². The van der Waals surface area contributed by atoms with Crippen molar-refractivity contribution >= 4 is 5.82 Å². The molecule has 6 nitrogen and oxygen atoms in total. The minimum absolute atomic E-state index is 0.648. The van der Waals surface area contributed by atoms with Crippen molar-refractivity contribution in [3.63, 3.8) is 0 Å². The Morgan fingerprint density at radius 2 is 1.82 bits per heavy atom. The second-order valence-corrected chi connectivity index (χ2v) is 6.17. The lowest BCUT2D eigenvalue weighted by Gasteiger charge is -2.32. The third kappa shape index (κ3) is 2.97. The predicted molar refractivity (Wildman–Crippen MR) is 87.4 cm³/mol. The lowest BCUT2D eigenvalue weighted by Crippen LogP contribution is -2.36. The van der Waals surface area contributed by atoms with Crippen LogP contribution in [0, 0.1) is 26.7 Å². The molecule has 0 bridgehead atoms. The zero-order valence-corrected chi connectivity index (χ0v) is 13.6. The maximum Gasteiger partial charge on any atom is 0.252 e. The molecule has 2 aromatic heterocycles. The topological polar surface area (TPSA) is 72.9 Å². The summed E-state index contributed by atoms with van der Waals surface area (Å²) in [5.74, 6) is 2.29. The number of piperidine rings is 1. The van der Waals surface area contributed by atoms with E-state index < -0.39 is 0 Å². The van der Waals surface area contributed by atoms with Crippen LogP contribution >= 0.6 is 0 Å². The maximum absolute atomic E-state index is 5.77. The number of nitrogens with two attached hydrogens (primary N) is 1. The van der Waals surface area contributed by atoms with E-state index in [0.717, 1.165) is 55.4 Å². The van der Waals surface area contributed by atoms with Gasteiger partial charge in [0.05, 0.1) is 5.69 Å². The zero-order chi connectivity index (χ0) is 15.7. The van der Waals surface area contributed by atoms with Crippen LogP contribution in [0.2, 0.25) is 0 Å². The Kier molecular flexibility index (Phi) is 4.11. The average Bonchev–Trinajstić information content (AvgIpc) is 2.85. The molecule has 118 valence electrons. The number of hydrogen-bond donors (Lipinski definition) is 1. The van der Waals surface area contributed by atoms with Gasteiger partial charge in [-0.15, -0.1) is 0 Å². The first-order valence-corrected chi connectivity index (χ1v) is 7.91. The average molecular weight is 300 g/mol. The number of aryl methyl sites for hydroxylation is 3. The van der Waals surface area contributed by atoms with Crippen LogP contribution in [0.5, 0.6) is 0 Å². The minimum atomic E-state index is 0.648. The van der Waals surface area contributed by atoms with Crippen LogP contribution in [-0.4, -0.2) is 39.4 Å². The van der Waals surface area contributed by atoms with Crippen molar-refractivity contribution < 1.29 is 0 Å². The summed E-state index contributed by atoms with van der Waals surface area (Å²) in [4.78, 5) is 11.6. The Morgan fingerprint density at radius 3 is 2.41 bits per heavy atom. The summed E-state index contributed by atoms with van der Waals surface area (Å²) < 4.78 is 1.82. The van der Waals surface area contributed by atoms with Crippen molar-refractivity contribution in [1.82, 2.24) is 19.7 Å². The number of rotatable bonds is 3. The molecule has 3 heterocycles. The first-order chi connectivity index (χ1) is 10.6. The fraction of sp³-hybridized carbons (Fsp3) is 0.562. The van der Waals surface area contributed by atoms with Crippen LogP contribution in [0.1, 0.15) is 29.9 Å². The third-order valence-electron chi connectivity index (χ3n) is 4.30. The molecule has 0 aromatic carbocycles. The van der Waals surface area contributed by atoms with E-state index in [1.165, 1.54) is 0 Å². The molecule has 0 saturated carbocycles. The molecular weight excluding hydrogens is 276 g/mol. The lowest BCUT2D eigenvalue weighted by atomic mass is 9.97. The Bertz CT molecular complexity index is 655. The van der Waals surface area contributed by atoms with Gasteiger partial charge in [-0.1, -0.05) is 0 Å². The Balaban J connectivity index is 1.89. The maximum atomic E-state index is 5.77. The van der Waals surface area contributed by atoms with Crippen molar-refractivity contribution in [2.75, 3.05) is 24.5 Å². The summed E-state index contributed by atoms with van der Waals surface area (Å²) in [7, 11) is 0. The highest BCUT2D eigenvalue weighted by atomic mass is 15.4. The third-order valence-corrected chi connectivity index (χ3v) is 4.30. The van der Waals surface area contributed by atoms with Gasteiger partial charge in [0.2, 0.25) is 0 Å². The van der Waals surface area contributed by atoms with Gasteiger partial charge in [0, 0.05) is 30.5 Å². The number of nitrogens with zero attached hydrogens (tertiary/aromatic N) is 5. The van der Waals surface area contributed by atoms with Crippen molar-refractivity contribution in [3.05, 3.63) is 29.2 Å². The van der Waals surface area contributed by atoms with E-state index in [9.17, 15) is 0 Å². The van der Waals surface area contributed by atoms with Crippen molar-refractivity contribution in [1.29, 1.82) is 0 Å². The standard InChI is InChI=1S/C16H24N6/c1-11-9-15(21-6-4-14(10-17)5-7-21)19-16(18-11)22-13(3)8-12(2)20-22/h8-9,14H,4-7,10,17H2,1-3H3. The predicted octanol–water partition coefficient (Wildman–Crippen LogP) is 1.76. The summed E-state index contributed by atoms with van der Waals surface area (Å²) in [6, 6.07) is 4.09. The highest BCUT2D eigenvalue weighted by Crippen LogP contribution is 2.22. The smallest absolute Gasteiger partial charge is 0.252 e. The SMILES string of the molecule is Cc1cc(N2CCC(CN)CC2)nc(-n2nc(C)cc2C)n1. The summed E-state index contributed by atoms with van der Waals surface area (Å²) in [5, 5.41) is 4.49. The highest BCUT2D eigenvalue weighted by Gasteiger charge is 2.20. The molecule has 1 aliphatic heterocycles. The van der Waals surface area contributed by atoms with E-state index in [4.69, 9.17) is 10.7 Å². The largest absolute Gasteiger partial charge is 0.356 e. The van der Waals surface area contributed by atoms with E-state index in [2.05, 4.69) is 21.0 Å². The molecule has 6 heteroatoms. The molecule has 2 N–H and O–H groups in total. The second kappa shape index (κ2) is 6.04. The monoisotopic (exact) mass is 300 g/mol. The van der Waals surface area contributed by atoms with Crippen LogP contribution in [0.4, 0.5) is 5.82 Å². The van der Waals surface area contributed by atoms with Crippen molar-refractivity contribution in [2.45, 2.75) is 33.6 Å². The van der Waals surface area contributed by atoms with E-state index in [-0.39, 0.29) is 0 Å². The molecule has 0 atom stereocenters. The van der Waals surface area contributed by atoms with Crippen molar-refractivity contribution in [3.8, 4) is 5.95 Å². The highest BCUT2D eigenvalue weighted by molar-refractivity contribution is 5.42. The number of hydrogen-bond acceptors (Lipinski definition) is 5. The summed E-state index contributed by atoms with van der Waals surface area (Å²) in [5.41, 5.74) is 8.77. The van der Waals surface area contributed by atoms with Gasteiger partial charge in [0.25, 0.3) is 5.95 Å². The Hall–Kier alpha value is -1.95. The zero-order valence-electron chi connectivity index (χ0n) is 13.6. The van der Waals surface area contributed by atoms with Gasteiger partial charge >= 0.3 is 0 Å². The molecule has 0 unspecified atom stereocenters. The first kappa shape index (κ1) is 15.0. The second-order valence-electron chi connectivity index (χ2n) is 6.17. The van der Waals surface area contributed by atoms with Gasteiger partial charge in [-0.3, -0.25) is 0 Å². The number of aromatic nitrogens is 4. The van der Waals surface area contributed by atoms with E-state index in [1.54, 1.807) is 0 Å². The number of anilines is 1. The molecule has 1 aliphatic rings. The van der Waals surface area contributed by atoms with Gasteiger partial charge in [-0.25, -0.2) is 9.67 Å². The van der Waals surface area contributed by atoms with Crippen LogP contribution in [0.25, 0.3) is 5.95 Å². The van der Waals surface area contributed by atoms with Gasteiger partial charge in [0.1, 0.15) is 5.82 Å². The van der Waals surface area contributed by atoms with Crippen LogP contribution in [0.15, 0.2) is 12.1 Å². The lowest BCUT2D eigenvalue weighted by molar-refractivity contribution is 0.413. The molecule has 0 aliphatic carbocycles. The quantitative estimate of drug-likeness (QED) is 0.935. The first-order valence-electron chi connectivity index (χ1n) is 7.91. The Labute approximate surface area is 131 Å². The summed E-state index contributed by atoms with van der Waals surface area (Å²) >= 11 is 0. The molecule has 0 amide bonds. The molecule has 1 saturated heterocycles. The molecule has 2 aromatic rings. The van der Waals surface area contributed by atoms with Crippen molar-refractivity contribution in [2.24, 2.45) is 11.7 Å².